The molecule has 0 radical (unpaired) electrons. The molecule has 1 heterocycles. The van der Waals surface area contributed by atoms with Crippen LogP contribution in [0.2, 0.25) is 0 Å². The minimum Gasteiger partial charge on any atom is -0.360 e. The van der Waals surface area contributed by atoms with Crippen LogP contribution < -0.4 is 5.32 Å². The molecule has 16 heavy (non-hydrogen) atoms. The van der Waals surface area contributed by atoms with E-state index in [9.17, 15) is 0 Å². The van der Waals surface area contributed by atoms with E-state index in [0.29, 0.717) is 6.04 Å². The third kappa shape index (κ3) is 3.63. The molecule has 1 aromatic rings. The maximum atomic E-state index is 5.20. The molecule has 0 bridgehead atoms. The van der Waals surface area contributed by atoms with E-state index < -0.39 is 0 Å². The Morgan fingerprint density at radius 1 is 1.25 bits per heavy atom. The SMILES string of the molecule is Cc1cc(CNC2CCCCCCC2)on1. The fraction of sp³-hybridized carbons (Fsp3) is 0.769. The number of hydrogen-bond acceptors (Lipinski definition) is 3. The molecule has 0 saturated heterocycles. The molecule has 90 valence electrons. The normalized spacial score (nSPS) is 19.3. The van der Waals surface area contributed by atoms with Gasteiger partial charge in [0.25, 0.3) is 0 Å². The van der Waals surface area contributed by atoms with E-state index in [0.717, 1.165) is 18.0 Å². The van der Waals surface area contributed by atoms with Crippen LogP contribution in [0.5, 0.6) is 0 Å². The lowest BCUT2D eigenvalue weighted by molar-refractivity contribution is 0.338. The van der Waals surface area contributed by atoms with Gasteiger partial charge >= 0.3 is 0 Å². The van der Waals surface area contributed by atoms with Gasteiger partial charge in [-0.3, -0.25) is 0 Å². The molecule has 1 fully saturated rings. The quantitative estimate of drug-likeness (QED) is 0.853. The summed E-state index contributed by atoms with van der Waals surface area (Å²) >= 11 is 0. The van der Waals surface area contributed by atoms with Crippen LogP contribution in [0, 0.1) is 6.92 Å². The monoisotopic (exact) mass is 222 g/mol. The molecule has 0 atom stereocenters. The molecular formula is C13H22N2O. The molecule has 2 rings (SSSR count). The smallest absolute Gasteiger partial charge is 0.150 e. The van der Waals surface area contributed by atoms with Crippen molar-refractivity contribution in [2.75, 3.05) is 0 Å². The van der Waals surface area contributed by atoms with Gasteiger partial charge in [0, 0.05) is 12.1 Å². The lowest BCUT2D eigenvalue weighted by atomic mass is 9.97. The second kappa shape index (κ2) is 6.04. The minimum absolute atomic E-state index is 0.672. The van der Waals surface area contributed by atoms with Gasteiger partial charge in [0.05, 0.1) is 12.2 Å². The molecule has 0 spiro atoms. The van der Waals surface area contributed by atoms with Crippen LogP contribution in [0.15, 0.2) is 10.6 Å². The highest BCUT2D eigenvalue weighted by Crippen LogP contribution is 2.17. The molecule has 0 unspecified atom stereocenters. The van der Waals surface area contributed by atoms with E-state index in [1.165, 1.54) is 44.9 Å². The van der Waals surface area contributed by atoms with Gasteiger partial charge in [-0.05, 0) is 19.8 Å². The summed E-state index contributed by atoms with van der Waals surface area (Å²) in [5.41, 5.74) is 0.967. The summed E-state index contributed by atoms with van der Waals surface area (Å²) in [7, 11) is 0. The van der Waals surface area contributed by atoms with Crippen LogP contribution in [-0.4, -0.2) is 11.2 Å². The fourth-order valence-electron chi connectivity index (χ4n) is 2.40. The lowest BCUT2D eigenvalue weighted by Crippen LogP contribution is -2.29. The first-order chi connectivity index (χ1) is 7.84. The van der Waals surface area contributed by atoms with Gasteiger partial charge in [0.2, 0.25) is 0 Å². The van der Waals surface area contributed by atoms with E-state index in [2.05, 4.69) is 10.5 Å². The third-order valence-corrected chi connectivity index (χ3v) is 3.35. The summed E-state index contributed by atoms with van der Waals surface area (Å²) in [5, 5.41) is 7.48. The molecular weight excluding hydrogens is 200 g/mol. The first kappa shape index (κ1) is 11.6. The number of rotatable bonds is 3. The van der Waals surface area contributed by atoms with Crippen molar-refractivity contribution >= 4 is 0 Å². The Bertz CT molecular complexity index is 301. The molecule has 1 aliphatic carbocycles. The van der Waals surface area contributed by atoms with Gasteiger partial charge in [-0.2, -0.15) is 0 Å². The van der Waals surface area contributed by atoms with Crippen molar-refractivity contribution in [1.82, 2.24) is 10.5 Å². The number of nitrogens with zero attached hydrogens (tertiary/aromatic N) is 1. The Morgan fingerprint density at radius 2 is 1.94 bits per heavy atom. The molecule has 0 amide bonds. The predicted molar refractivity (Wildman–Crippen MR) is 64.2 cm³/mol. The van der Waals surface area contributed by atoms with E-state index >= 15 is 0 Å². The van der Waals surface area contributed by atoms with Crippen molar-refractivity contribution in [2.45, 2.75) is 64.5 Å². The Kier molecular flexibility index (Phi) is 4.40. The number of nitrogens with one attached hydrogen (secondary N) is 1. The molecule has 3 nitrogen and oxygen atoms in total. The standard InChI is InChI=1S/C13H22N2O/c1-11-9-13(16-15-11)10-14-12-7-5-3-2-4-6-8-12/h9,12,14H,2-8,10H2,1H3. The van der Waals surface area contributed by atoms with Gasteiger partial charge in [-0.25, -0.2) is 0 Å². The van der Waals surface area contributed by atoms with E-state index in [4.69, 9.17) is 4.52 Å². The zero-order valence-corrected chi connectivity index (χ0v) is 10.2. The summed E-state index contributed by atoms with van der Waals surface area (Å²) in [5.74, 6) is 0.958. The molecule has 1 N–H and O–H groups in total. The third-order valence-electron chi connectivity index (χ3n) is 3.35. The van der Waals surface area contributed by atoms with Crippen LogP contribution in [0.25, 0.3) is 0 Å². The maximum absolute atomic E-state index is 5.20. The molecule has 1 aromatic heterocycles. The Morgan fingerprint density at radius 3 is 2.56 bits per heavy atom. The zero-order chi connectivity index (χ0) is 11.2. The van der Waals surface area contributed by atoms with E-state index in [1.54, 1.807) is 0 Å². The Hall–Kier alpha value is -0.830. The van der Waals surface area contributed by atoms with E-state index in [-0.39, 0.29) is 0 Å². The molecule has 0 aliphatic heterocycles. The summed E-state index contributed by atoms with van der Waals surface area (Å²) in [6.45, 7) is 2.79. The average Bonchev–Trinajstić information content (AvgIpc) is 2.63. The highest BCUT2D eigenvalue weighted by Gasteiger charge is 2.11. The lowest BCUT2D eigenvalue weighted by Gasteiger charge is -2.20. The highest BCUT2D eigenvalue weighted by molar-refractivity contribution is 5.02. The molecule has 1 aliphatic rings. The molecule has 1 saturated carbocycles. The second-order valence-electron chi connectivity index (χ2n) is 4.86. The van der Waals surface area contributed by atoms with Crippen LogP contribution in [-0.2, 0) is 6.54 Å². The number of aromatic nitrogens is 1. The van der Waals surface area contributed by atoms with Crippen molar-refractivity contribution in [1.29, 1.82) is 0 Å². The van der Waals surface area contributed by atoms with Crippen molar-refractivity contribution in [3.63, 3.8) is 0 Å². The molecule has 3 heteroatoms. The second-order valence-corrected chi connectivity index (χ2v) is 4.86. The van der Waals surface area contributed by atoms with Gasteiger partial charge in [0.1, 0.15) is 0 Å². The van der Waals surface area contributed by atoms with Crippen molar-refractivity contribution in [3.05, 3.63) is 17.5 Å². The van der Waals surface area contributed by atoms with Gasteiger partial charge in [0.15, 0.2) is 5.76 Å². The minimum atomic E-state index is 0.672. The number of hydrogen-bond donors (Lipinski definition) is 1. The first-order valence-corrected chi connectivity index (χ1v) is 6.50. The van der Waals surface area contributed by atoms with Crippen LogP contribution >= 0.6 is 0 Å². The van der Waals surface area contributed by atoms with Crippen molar-refractivity contribution in [2.24, 2.45) is 0 Å². The predicted octanol–water partition coefficient (Wildman–Crippen LogP) is 3.19. The average molecular weight is 222 g/mol. The molecule has 0 aromatic carbocycles. The summed E-state index contributed by atoms with van der Waals surface area (Å²) in [6.07, 6.45) is 9.59. The summed E-state index contributed by atoms with van der Waals surface area (Å²) in [4.78, 5) is 0. The van der Waals surface area contributed by atoms with Gasteiger partial charge in [-0.15, -0.1) is 0 Å². The number of aryl methyl sites for hydroxylation is 1. The van der Waals surface area contributed by atoms with Crippen molar-refractivity contribution in [3.8, 4) is 0 Å². The summed E-state index contributed by atoms with van der Waals surface area (Å²) in [6, 6.07) is 2.68. The largest absolute Gasteiger partial charge is 0.360 e. The summed E-state index contributed by atoms with van der Waals surface area (Å²) < 4.78 is 5.20. The maximum Gasteiger partial charge on any atom is 0.150 e. The van der Waals surface area contributed by atoms with Crippen LogP contribution in [0.3, 0.4) is 0 Å². The van der Waals surface area contributed by atoms with Crippen LogP contribution in [0.1, 0.15) is 56.4 Å². The Labute approximate surface area is 97.6 Å². The highest BCUT2D eigenvalue weighted by atomic mass is 16.5. The van der Waals surface area contributed by atoms with Crippen molar-refractivity contribution < 1.29 is 4.52 Å². The first-order valence-electron chi connectivity index (χ1n) is 6.50. The topological polar surface area (TPSA) is 38.1 Å². The van der Waals surface area contributed by atoms with Gasteiger partial charge in [-0.1, -0.05) is 37.3 Å². The van der Waals surface area contributed by atoms with Crippen LogP contribution in [0.4, 0.5) is 0 Å². The van der Waals surface area contributed by atoms with Gasteiger partial charge < -0.3 is 9.84 Å². The Balaban J connectivity index is 1.75. The fourth-order valence-corrected chi connectivity index (χ4v) is 2.40. The zero-order valence-electron chi connectivity index (χ0n) is 10.2. The van der Waals surface area contributed by atoms with E-state index in [1.807, 2.05) is 13.0 Å².